The zero-order valence-electron chi connectivity index (χ0n) is 10.5. The Hall–Kier alpha value is -1.57. The molecule has 1 saturated carbocycles. The zero-order chi connectivity index (χ0) is 13.1. The van der Waals surface area contributed by atoms with Gasteiger partial charge in [-0.3, -0.25) is 0 Å². The first kappa shape index (κ1) is 12.9. The maximum atomic E-state index is 9.82. The van der Waals surface area contributed by atoms with Crippen LogP contribution in [0.2, 0.25) is 0 Å². The molecule has 4 nitrogen and oxygen atoms in total. The number of aliphatic hydroxyl groups is 2. The molecule has 0 aliphatic heterocycles. The monoisotopic (exact) mass is 246 g/mol. The highest BCUT2D eigenvalue weighted by Gasteiger charge is 2.30. The van der Waals surface area contributed by atoms with Crippen LogP contribution in [0.5, 0.6) is 0 Å². The molecule has 1 aromatic carbocycles. The van der Waals surface area contributed by atoms with Crippen molar-refractivity contribution in [2.75, 3.05) is 18.1 Å². The average Bonchev–Trinajstić information content (AvgIpc) is 3.19. The van der Waals surface area contributed by atoms with E-state index in [2.05, 4.69) is 11.0 Å². The van der Waals surface area contributed by atoms with Crippen LogP contribution in [0, 0.1) is 11.3 Å². The summed E-state index contributed by atoms with van der Waals surface area (Å²) < 4.78 is 0. The molecule has 0 spiro atoms. The summed E-state index contributed by atoms with van der Waals surface area (Å²) in [5.41, 5.74) is 2.27. The van der Waals surface area contributed by atoms with Crippen LogP contribution in [-0.2, 0) is 0 Å². The van der Waals surface area contributed by atoms with Crippen LogP contribution in [0.1, 0.15) is 37.0 Å². The van der Waals surface area contributed by atoms with Crippen LogP contribution in [0.15, 0.2) is 18.2 Å². The predicted molar refractivity (Wildman–Crippen MR) is 69.2 cm³/mol. The molecule has 4 heteroatoms. The Morgan fingerprint density at radius 3 is 2.72 bits per heavy atom. The second-order valence-electron chi connectivity index (χ2n) is 4.71. The van der Waals surface area contributed by atoms with E-state index in [9.17, 15) is 5.11 Å². The van der Waals surface area contributed by atoms with Crippen LogP contribution in [-0.4, -0.2) is 29.4 Å². The van der Waals surface area contributed by atoms with E-state index in [4.69, 9.17) is 10.4 Å². The predicted octanol–water partition coefficient (Wildman–Crippen LogP) is 1.57. The number of aliphatic hydroxyl groups excluding tert-OH is 2. The number of anilines is 1. The van der Waals surface area contributed by atoms with Crippen LogP contribution < -0.4 is 4.90 Å². The van der Waals surface area contributed by atoms with Gasteiger partial charge in [0.25, 0.3) is 0 Å². The number of benzene rings is 1. The molecule has 1 fully saturated rings. The lowest BCUT2D eigenvalue weighted by atomic mass is 10.0. The maximum absolute atomic E-state index is 9.82. The van der Waals surface area contributed by atoms with E-state index in [1.807, 2.05) is 0 Å². The Labute approximate surface area is 107 Å². The fraction of sp³-hybridized carbons (Fsp3) is 0.500. The Morgan fingerprint density at radius 1 is 1.50 bits per heavy atom. The van der Waals surface area contributed by atoms with Gasteiger partial charge in [-0.05, 0) is 31.9 Å². The van der Waals surface area contributed by atoms with Gasteiger partial charge in [-0.1, -0.05) is 6.07 Å². The molecule has 2 N–H and O–H groups in total. The highest BCUT2D eigenvalue weighted by atomic mass is 16.3. The first-order chi connectivity index (χ1) is 8.67. The lowest BCUT2D eigenvalue weighted by molar-refractivity contribution is 0.199. The molecule has 0 saturated heterocycles. The normalized spacial score (nSPS) is 16.1. The first-order valence-electron chi connectivity index (χ1n) is 6.27. The van der Waals surface area contributed by atoms with Gasteiger partial charge in [0.15, 0.2) is 0 Å². The summed E-state index contributed by atoms with van der Waals surface area (Å²) in [6, 6.07) is 7.87. The van der Waals surface area contributed by atoms with Gasteiger partial charge in [0, 0.05) is 23.8 Å². The highest BCUT2D eigenvalue weighted by molar-refractivity contribution is 5.59. The lowest BCUT2D eigenvalue weighted by Crippen LogP contribution is -2.30. The summed E-state index contributed by atoms with van der Waals surface area (Å²) in [4.78, 5) is 2.10. The maximum Gasteiger partial charge on any atom is 0.0992 e. The van der Waals surface area contributed by atoms with E-state index in [0.29, 0.717) is 18.2 Å². The van der Waals surface area contributed by atoms with Gasteiger partial charge in [0.2, 0.25) is 0 Å². The van der Waals surface area contributed by atoms with Crippen molar-refractivity contribution in [3.05, 3.63) is 29.3 Å². The molecule has 0 heterocycles. The SMILES string of the molecule is C[C@@H](O)c1ccc(C#N)cc1N(CCO)C1CC1. The van der Waals surface area contributed by atoms with Gasteiger partial charge in [-0.2, -0.15) is 5.26 Å². The Morgan fingerprint density at radius 2 is 2.22 bits per heavy atom. The van der Waals surface area contributed by atoms with Crippen LogP contribution >= 0.6 is 0 Å². The minimum Gasteiger partial charge on any atom is -0.395 e. The number of nitriles is 1. The molecule has 96 valence electrons. The third kappa shape index (κ3) is 2.63. The molecule has 1 aromatic rings. The standard InChI is InChI=1S/C14H18N2O2/c1-10(18)13-5-2-11(9-15)8-14(13)16(6-7-17)12-3-4-12/h2,5,8,10,12,17-18H,3-4,6-7H2,1H3/t10-/m1/s1. The molecule has 0 radical (unpaired) electrons. The van der Waals surface area contributed by atoms with Gasteiger partial charge >= 0.3 is 0 Å². The lowest BCUT2D eigenvalue weighted by Gasteiger charge is -2.27. The fourth-order valence-corrected chi connectivity index (χ4v) is 2.21. The molecule has 0 bridgehead atoms. The molecule has 0 aromatic heterocycles. The molecular weight excluding hydrogens is 228 g/mol. The smallest absolute Gasteiger partial charge is 0.0992 e. The van der Waals surface area contributed by atoms with E-state index >= 15 is 0 Å². The molecule has 1 aliphatic carbocycles. The van der Waals surface area contributed by atoms with Crippen molar-refractivity contribution in [2.45, 2.75) is 31.9 Å². The Bertz CT molecular complexity index is 461. The fourth-order valence-electron chi connectivity index (χ4n) is 2.21. The van der Waals surface area contributed by atoms with Crippen LogP contribution in [0.3, 0.4) is 0 Å². The molecule has 1 atom stereocenters. The van der Waals surface area contributed by atoms with E-state index in [0.717, 1.165) is 24.1 Å². The quantitative estimate of drug-likeness (QED) is 0.827. The molecule has 1 aliphatic rings. The van der Waals surface area contributed by atoms with Crippen molar-refractivity contribution in [3.8, 4) is 6.07 Å². The van der Waals surface area contributed by atoms with E-state index in [-0.39, 0.29) is 6.61 Å². The molecule has 18 heavy (non-hydrogen) atoms. The second-order valence-corrected chi connectivity index (χ2v) is 4.71. The third-order valence-corrected chi connectivity index (χ3v) is 3.25. The van der Waals surface area contributed by atoms with Crippen molar-refractivity contribution in [1.82, 2.24) is 0 Å². The summed E-state index contributed by atoms with van der Waals surface area (Å²) in [6.07, 6.45) is 1.64. The average molecular weight is 246 g/mol. The summed E-state index contributed by atoms with van der Waals surface area (Å²) >= 11 is 0. The van der Waals surface area contributed by atoms with Crippen molar-refractivity contribution in [2.24, 2.45) is 0 Å². The van der Waals surface area contributed by atoms with Crippen molar-refractivity contribution in [3.63, 3.8) is 0 Å². The van der Waals surface area contributed by atoms with Gasteiger partial charge in [0.1, 0.15) is 0 Å². The topological polar surface area (TPSA) is 67.5 Å². The van der Waals surface area contributed by atoms with Gasteiger partial charge in [-0.15, -0.1) is 0 Å². The first-order valence-corrected chi connectivity index (χ1v) is 6.27. The Kier molecular flexibility index (Phi) is 3.85. The van der Waals surface area contributed by atoms with Crippen molar-refractivity contribution in [1.29, 1.82) is 5.26 Å². The minimum absolute atomic E-state index is 0.0759. The summed E-state index contributed by atoms with van der Waals surface area (Å²) in [5, 5.41) is 28.0. The highest BCUT2D eigenvalue weighted by Crippen LogP contribution is 2.36. The van der Waals surface area contributed by atoms with Crippen LogP contribution in [0.4, 0.5) is 5.69 Å². The zero-order valence-corrected chi connectivity index (χ0v) is 10.5. The Balaban J connectivity index is 2.41. The number of rotatable bonds is 5. The molecule has 0 unspecified atom stereocenters. The van der Waals surface area contributed by atoms with E-state index in [1.165, 1.54) is 0 Å². The number of hydrogen-bond acceptors (Lipinski definition) is 4. The van der Waals surface area contributed by atoms with Gasteiger partial charge in [-0.25, -0.2) is 0 Å². The third-order valence-electron chi connectivity index (χ3n) is 3.25. The molecular formula is C14H18N2O2. The van der Waals surface area contributed by atoms with E-state index < -0.39 is 6.10 Å². The van der Waals surface area contributed by atoms with Gasteiger partial charge in [0.05, 0.1) is 24.3 Å². The largest absolute Gasteiger partial charge is 0.395 e. The molecule has 2 rings (SSSR count). The summed E-state index contributed by atoms with van der Waals surface area (Å²) in [5.74, 6) is 0. The van der Waals surface area contributed by atoms with Gasteiger partial charge < -0.3 is 15.1 Å². The minimum atomic E-state index is -0.576. The second kappa shape index (κ2) is 5.38. The molecule has 0 amide bonds. The van der Waals surface area contributed by atoms with Crippen LogP contribution in [0.25, 0.3) is 0 Å². The summed E-state index contributed by atoms with van der Waals surface area (Å²) in [7, 11) is 0. The summed E-state index contributed by atoms with van der Waals surface area (Å²) in [6.45, 7) is 2.33. The van der Waals surface area contributed by atoms with Crippen molar-refractivity contribution >= 4 is 5.69 Å². The number of nitrogens with zero attached hydrogens (tertiary/aromatic N) is 2. The van der Waals surface area contributed by atoms with Crippen molar-refractivity contribution < 1.29 is 10.2 Å². The number of hydrogen-bond donors (Lipinski definition) is 2. The van der Waals surface area contributed by atoms with E-state index in [1.54, 1.807) is 25.1 Å².